The molecule has 0 aliphatic carbocycles. The summed E-state index contributed by atoms with van der Waals surface area (Å²) in [5.41, 5.74) is 0. The van der Waals surface area contributed by atoms with Gasteiger partial charge in [0.15, 0.2) is 0 Å². The van der Waals surface area contributed by atoms with E-state index in [1.54, 1.807) is 0 Å². The van der Waals surface area contributed by atoms with Crippen molar-refractivity contribution in [3.8, 4) is 0 Å². The van der Waals surface area contributed by atoms with Gasteiger partial charge in [0.05, 0.1) is 12.7 Å². The third kappa shape index (κ3) is 5.50. The van der Waals surface area contributed by atoms with Crippen LogP contribution in [0.25, 0.3) is 0 Å². The van der Waals surface area contributed by atoms with Crippen molar-refractivity contribution >= 4 is 0 Å². The number of hydrogen-bond donors (Lipinski definition) is 1. The molecule has 1 aliphatic heterocycles. The van der Waals surface area contributed by atoms with Crippen LogP contribution in [-0.2, 0) is 4.74 Å². The molecule has 0 aromatic heterocycles. The van der Waals surface area contributed by atoms with E-state index in [9.17, 15) is 0 Å². The highest BCUT2D eigenvalue weighted by Crippen LogP contribution is 2.04. The molecule has 0 saturated carbocycles. The first-order valence-electron chi connectivity index (χ1n) is 6.41. The minimum absolute atomic E-state index is 0.439. The molecule has 1 aliphatic rings. The highest BCUT2D eigenvalue weighted by molar-refractivity contribution is 4.69. The summed E-state index contributed by atoms with van der Waals surface area (Å²) < 4.78 is 5.69. The summed E-state index contributed by atoms with van der Waals surface area (Å²) in [4.78, 5) is 2.53. The van der Waals surface area contributed by atoms with Crippen LogP contribution < -0.4 is 5.32 Å². The molecular formula is C12H26N2O. The van der Waals surface area contributed by atoms with Crippen LogP contribution in [0, 0.1) is 0 Å². The Labute approximate surface area is 94.2 Å². The Kier molecular flexibility index (Phi) is 6.98. The number of ether oxygens (including phenoxy) is 1. The molecule has 0 aromatic rings. The number of nitrogens with one attached hydrogen (secondary N) is 1. The first kappa shape index (κ1) is 12.9. The summed E-state index contributed by atoms with van der Waals surface area (Å²) in [5, 5.41) is 3.38. The molecule has 0 amide bonds. The minimum Gasteiger partial charge on any atom is -0.376 e. The molecule has 1 N–H and O–H groups in total. The van der Waals surface area contributed by atoms with Crippen molar-refractivity contribution in [2.24, 2.45) is 0 Å². The van der Waals surface area contributed by atoms with Crippen molar-refractivity contribution in [2.45, 2.75) is 39.2 Å². The van der Waals surface area contributed by atoms with Crippen LogP contribution in [-0.4, -0.2) is 50.3 Å². The predicted molar refractivity (Wildman–Crippen MR) is 64.2 cm³/mol. The quantitative estimate of drug-likeness (QED) is 0.695. The number of rotatable bonds is 7. The molecular weight excluding hydrogens is 188 g/mol. The molecule has 3 heteroatoms. The second-order valence-corrected chi connectivity index (χ2v) is 4.27. The second kappa shape index (κ2) is 8.08. The smallest absolute Gasteiger partial charge is 0.0712 e. The van der Waals surface area contributed by atoms with Crippen molar-refractivity contribution in [3.63, 3.8) is 0 Å². The molecule has 1 heterocycles. The second-order valence-electron chi connectivity index (χ2n) is 4.27. The summed E-state index contributed by atoms with van der Waals surface area (Å²) >= 11 is 0. The molecule has 3 nitrogen and oxygen atoms in total. The Balaban J connectivity index is 2.09. The van der Waals surface area contributed by atoms with Crippen LogP contribution in [0.15, 0.2) is 0 Å². The van der Waals surface area contributed by atoms with Crippen LogP contribution in [0.5, 0.6) is 0 Å². The van der Waals surface area contributed by atoms with Crippen molar-refractivity contribution in [3.05, 3.63) is 0 Å². The van der Waals surface area contributed by atoms with Crippen LogP contribution >= 0.6 is 0 Å². The van der Waals surface area contributed by atoms with E-state index in [-0.39, 0.29) is 0 Å². The minimum atomic E-state index is 0.439. The molecule has 1 rings (SSSR count). The van der Waals surface area contributed by atoms with E-state index in [0.717, 1.165) is 19.7 Å². The fourth-order valence-electron chi connectivity index (χ4n) is 1.94. The Bertz CT molecular complexity index is 147. The average molecular weight is 214 g/mol. The first-order chi connectivity index (χ1) is 7.36. The third-order valence-electron chi connectivity index (χ3n) is 3.05. The van der Waals surface area contributed by atoms with Gasteiger partial charge in [-0.05, 0) is 25.9 Å². The zero-order chi connectivity index (χ0) is 10.9. The summed E-state index contributed by atoms with van der Waals surface area (Å²) in [5.74, 6) is 0. The summed E-state index contributed by atoms with van der Waals surface area (Å²) in [6, 6.07) is 0. The van der Waals surface area contributed by atoms with Gasteiger partial charge in [0.25, 0.3) is 0 Å². The van der Waals surface area contributed by atoms with E-state index in [2.05, 4.69) is 24.1 Å². The number of unbranched alkanes of at least 4 members (excludes halogenated alkanes) is 1. The Hall–Kier alpha value is -0.120. The molecule has 1 saturated heterocycles. The molecule has 1 unspecified atom stereocenters. The Morgan fingerprint density at radius 2 is 2.20 bits per heavy atom. The molecule has 90 valence electrons. The normalized spacial score (nSPS) is 22.2. The SMILES string of the molecule is CCCCN(CC)CCC1CNCCO1. The van der Waals surface area contributed by atoms with Gasteiger partial charge < -0.3 is 15.0 Å². The molecule has 0 spiro atoms. The monoisotopic (exact) mass is 214 g/mol. The standard InChI is InChI=1S/C12H26N2O/c1-3-5-8-14(4-2)9-6-12-11-13-7-10-15-12/h12-13H,3-11H2,1-2H3. The zero-order valence-corrected chi connectivity index (χ0v) is 10.3. The highest BCUT2D eigenvalue weighted by atomic mass is 16.5. The van der Waals surface area contributed by atoms with Gasteiger partial charge in [-0.15, -0.1) is 0 Å². The zero-order valence-electron chi connectivity index (χ0n) is 10.3. The largest absolute Gasteiger partial charge is 0.376 e. The molecule has 0 bridgehead atoms. The lowest BCUT2D eigenvalue weighted by Gasteiger charge is -2.27. The van der Waals surface area contributed by atoms with E-state index in [4.69, 9.17) is 4.74 Å². The van der Waals surface area contributed by atoms with Crippen LogP contribution in [0.4, 0.5) is 0 Å². The maximum absolute atomic E-state index is 5.69. The van der Waals surface area contributed by atoms with Crippen molar-refractivity contribution in [2.75, 3.05) is 39.3 Å². The Morgan fingerprint density at radius 1 is 1.33 bits per heavy atom. The van der Waals surface area contributed by atoms with Gasteiger partial charge in [-0.25, -0.2) is 0 Å². The van der Waals surface area contributed by atoms with Crippen molar-refractivity contribution in [1.29, 1.82) is 0 Å². The number of nitrogens with zero attached hydrogens (tertiary/aromatic N) is 1. The molecule has 15 heavy (non-hydrogen) atoms. The van der Waals surface area contributed by atoms with Gasteiger partial charge >= 0.3 is 0 Å². The van der Waals surface area contributed by atoms with Gasteiger partial charge in [0, 0.05) is 19.6 Å². The highest BCUT2D eigenvalue weighted by Gasteiger charge is 2.14. The van der Waals surface area contributed by atoms with Gasteiger partial charge in [-0.3, -0.25) is 0 Å². The maximum atomic E-state index is 5.69. The topological polar surface area (TPSA) is 24.5 Å². The van der Waals surface area contributed by atoms with Crippen LogP contribution in [0.1, 0.15) is 33.1 Å². The lowest BCUT2D eigenvalue weighted by molar-refractivity contribution is 0.0176. The fraction of sp³-hybridized carbons (Fsp3) is 1.00. The van der Waals surface area contributed by atoms with E-state index in [1.807, 2.05) is 0 Å². The van der Waals surface area contributed by atoms with E-state index in [0.29, 0.717) is 6.10 Å². The van der Waals surface area contributed by atoms with Gasteiger partial charge in [0.1, 0.15) is 0 Å². The molecule has 0 radical (unpaired) electrons. The van der Waals surface area contributed by atoms with Gasteiger partial charge in [-0.2, -0.15) is 0 Å². The van der Waals surface area contributed by atoms with E-state index in [1.165, 1.54) is 38.9 Å². The lowest BCUT2D eigenvalue weighted by atomic mass is 10.2. The maximum Gasteiger partial charge on any atom is 0.0712 e. The first-order valence-corrected chi connectivity index (χ1v) is 6.41. The molecule has 1 fully saturated rings. The molecule has 0 aromatic carbocycles. The predicted octanol–water partition coefficient (Wildman–Crippen LogP) is 1.49. The summed E-state index contributed by atoms with van der Waals surface area (Å²) in [6.07, 6.45) is 4.22. The fourth-order valence-corrected chi connectivity index (χ4v) is 1.94. The lowest BCUT2D eigenvalue weighted by Crippen LogP contribution is -2.40. The van der Waals surface area contributed by atoms with E-state index >= 15 is 0 Å². The van der Waals surface area contributed by atoms with Crippen molar-refractivity contribution < 1.29 is 4.74 Å². The third-order valence-corrected chi connectivity index (χ3v) is 3.05. The molecule has 1 atom stereocenters. The number of hydrogen-bond acceptors (Lipinski definition) is 3. The summed E-state index contributed by atoms with van der Waals surface area (Å²) in [7, 11) is 0. The van der Waals surface area contributed by atoms with Gasteiger partial charge in [-0.1, -0.05) is 20.3 Å². The van der Waals surface area contributed by atoms with Crippen LogP contribution in [0.3, 0.4) is 0 Å². The average Bonchev–Trinajstić information content (AvgIpc) is 2.31. The summed E-state index contributed by atoms with van der Waals surface area (Å²) in [6.45, 7) is 11.0. The Morgan fingerprint density at radius 3 is 2.80 bits per heavy atom. The number of morpholine rings is 1. The van der Waals surface area contributed by atoms with Gasteiger partial charge in [0.2, 0.25) is 0 Å². The van der Waals surface area contributed by atoms with Crippen LogP contribution in [0.2, 0.25) is 0 Å². The van der Waals surface area contributed by atoms with Crippen molar-refractivity contribution in [1.82, 2.24) is 10.2 Å². The van der Waals surface area contributed by atoms with E-state index < -0.39 is 0 Å².